The number of nitrogens with zero attached hydrogens (tertiary/aromatic N) is 4. The highest BCUT2D eigenvalue weighted by Gasteiger charge is 2.12. The van der Waals surface area contributed by atoms with E-state index in [1.165, 1.54) is 9.25 Å². The van der Waals surface area contributed by atoms with Crippen LogP contribution >= 0.6 is 0 Å². The van der Waals surface area contributed by atoms with E-state index in [9.17, 15) is 9.59 Å². The molecule has 2 N–H and O–H groups in total. The topological polar surface area (TPSA) is 103 Å². The van der Waals surface area contributed by atoms with Gasteiger partial charge in [-0.15, -0.1) is 5.10 Å². The van der Waals surface area contributed by atoms with Gasteiger partial charge in [-0.1, -0.05) is 12.1 Å². The summed E-state index contributed by atoms with van der Waals surface area (Å²) in [5.74, 6) is 1.12. The van der Waals surface area contributed by atoms with Crippen molar-refractivity contribution in [1.29, 1.82) is 0 Å². The van der Waals surface area contributed by atoms with Crippen LogP contribution in [-0.4, -0.2) is 38.5 Å². The molecule has 1 aromatic carbocycles. The van der Waals surface area contributed by atoms with Gasteiger partial charge in [-0.05, 0) is 31.2 Å². The Morgan fingerprint density at radius 2 is 2.04 bits per heavy atom. The lowest BCUT2D eigenvalue weighted by atomic mass is 10.3. The zero-order valence-corrected chi connectivity index (χ0v) is 15.8. The number of para-hydroxylation sites is 2. The largest absolute Gasteiger partial charge is 0.492 e. The van der Waals surface area contributed by atoms with E-state index in [2.05, 4.69) is 20.7 Å². The molecule has 0 atom stereocenters. The van der Waals surface area contributed by atoms with Gasteiger partial charge in [-0.2, -0.15) is 0 Å². The Bertz CT molecular complexity index is 996. The number of pyridine rings is 1. The summed E-state index contributed by atoms with van der Waals surface area (Å²) in [5, 5.41) is 9.79. The van der Waals surface area contributed by atoms with Crippen molar-refractivity contribution in [2.24, 2.45) is 7.05 Å². The van der Waals surface area contributed by atoms with Gasteiger partial charge in [0.2, 0.25) is 0 Å². The maximum atomic E-state index is 12.3. The Hall–Kier alpha value is -3.62. The number of carbonyl (C=O) groups excluding carboxylic acids is 1. The number of rotatable bonds is 7. The Kier molecular flexibility index (Phi) is 6.05. The van der Waals surface area contributed by atoms with Crippen LogP contribution in [0.5, 0.6) is 5.75 Å². The zero-order valence-electron chi connectivity index (χ0n) is 15.8. The van der Waals surface area contributed by atoms with Gasteiger partial charge in [0.1, 0.15) is 5.75 Å². The second-order valence-corrected chi connectivity index (χ2v) is 5.94. The van der Waals surface area contributed by atoms with E-state index in [0.717, 1.165) is 5.56 Å². The van der Waals surface area contributed by atoms with Gasteiger partial charge in [-0.25, -0.2) is 14.3 Å². The van der Waals surface area contributed by atoms with Crippen LogP contribution in [0, 0.1) is 0 Å². The van der Waals surface area contributed by atoms with E-state index < -0.39 is 0 Å². The second kappa shape index (κ2) is 8.85. The quantitative estimate of drug-likeness (QED) is 0.649. The molecule has 2 heterocycles. The molecule has 0 saturated carbocycles. The number of carbonyl (C=O) groups is 1. The number of aromatic nitrogens is 4. The summed E-state index contributed by atoms with van der Waals surface area (Å²) in [6.45, 7) is 2.86. The van der Waals surface area contributed by atoms with Crippen LogP contribution < -0.4 is 21.1 Å². The fourth-order valence-electron chi connectivity index (χ4n) is 2.67. The first kappa shape index (κ1) is 19.2. The molecule has 146 valence electrons. The van der Waals surface area contributed by atoms with Crippen molar-refractivity contribution < 1.29 is 9.53 Å². The van der Waals surface area contributed by atoms with Gasteiger partial charge >= 0.3 is 11.7 Å². The minimum absolute atomic E-state index is 0.242. The monoisotopic (exact) mass is 382 g/mol. The van der Waals surface area contributed by atoms with Gasteiger partial charge in [0.05, 0.1) is 18.8 Å². The van der Waals surface area contributed by atoms with E-state index in [1.54, 1.807) is 37.6 Å². The van der Waals surface area contributed by atoms with Crippen LogP contribution in [0.2, 0.25) is 0 Å². The van der Waals surface area contributed by atoms with E-state index >= 15 is 0 Å². The SMILES string of the molecule is CCOc1ccccc1NC(=O)NCCn1nc(-c2cccnc2)n(C)c1=O. The standard InChI is InChI=1S/C19H22N6O3/c1-3-28-16-9-5-4-8-15(16)22-18(26)21-11-12-25-19(27)24(2)17(23-25)14-7-6-10-20-13-14/h4-10,13H,3,11-12H2,1-2H3,(H2,21,22,26). The zero-order chi connectivity index (χ0) is 19.9. The van der Waals surface area contributed by atoms with Gasteiger partial charge < -0.3 is 15.4 Å². The summed E-state index contributed by atoms with van der Waals surface area (Å²) in [6, 6.07) is 10.4. The maximum absolute atomic E-state index is 12.3. The lowest BCUT2D eigenvalue weighted by molar-refractivity contribution is 0.251. The number of hydrogen-bond acceptors (Lipinski definition) is 5. The van der Waals surface area contributed by atoms with E-state index in [0.29, 0.717) is 23.9 Å². The van der Waals surface area contributed by atoms with Gasteiger partial charge in [-0.3, -0.25) is 9.55 Å². The van der Waals surface area contributed by atoms with Crippen LogP contribution in [0.25, 0.3) is 11.4 Å². The predicted octanol–water partition coefficient (Wildman–Crippen LogP) is 1.86. The second-order valence-electron chi connectivity index (χ2n) is 5.94. The molecule has 2 aromatic heterocycles. The van der Waals surface area contributed by atoms with E-state index in [4.69, 9.17) is 4.74 Å². The molecule has 0 aliphatic heterocycles. The molecule has 0 aliphatic carbocycles. The molecule has 0 bridgehead atoms. The smallest absolute Gasteiger partial charge is 0.345 e. The fraction of sp³-hybridized carbons (Fsp3) is 0.263. The number of ether oxygens (including phenoxy) is 1. The van der Waals surface area contributed by atoms with Crippen molar-refractivity contribution in [1.82, 2.24) is 24.6 Å². The summed E-state index contributed by atoms with van der Waals surface area (Å²) >= 11 is 0. The summed E-state index contributed by atoms with van der Waals surface area (Å²) < 4.78 is 8.25. The third-order valence-electron chi connectivity index (χ3n) is 4.00. The van der Waals surface area contributed by atoms with Crippen molar-refractivity contribution in [2.75, 3.05) is 18.5 Å². The number of anilines is 1. The molecule has 0 saturated heterocycles. The number of benzene rings is 1. The average molecular weight is 382 g/mol. The Morgan fingerprint density at radius 3 is 2.79 bits per heavy atom. The Balaban J connectivity index is 1.60. The molecule has 9 nitrogen and oxygen atoms in total. The predicted molar refractivity (Wildman–Crippen MR) is 105 cm³/mol. The third kappa shape index (κ3) is 4.37. The number of nitrogens with one attached hydrogen (secondary N) is 2. The molecule has 0 radical (unpaired) electrons. The van der Waals surface area contributed by atoms with E-state index in [1.807, 2.05) is 25.1 Å². The van der Waals surface area contributed by atoms with Gasteiger partial charge in [0, 0.05) is 31.5 Å². The molecule has 0 aliphatic rings. The molecule has 0 spiro atoms. The highest BCUT2D eigenvalue weighted by Crippen LogP contribution is 2.23. The summed E-state index contributed by atoms with van der Waals surface area (Å²) in [4.78, 5) is 28.5. The Labute approximate surface area is 162 Å². The van der Waals surface area contributed by atoms with Crippen LogP contribution in [-0.2, 0) is 13.6 Å². The molecule has 3 rings (SSSR count). The average Bonchev–Trinajstić information content (AvgIpc) is 2.99. The van der Waals surface area contributed by atoms with E-state index in [-0.39, 0.29) is 24.8 Å². The van der Waals surface area contributed by atoms with Crippen LogP contribution in [0.1, 0.15) is 6.92 Å². The van der Waals surface area contributed by atoms with Crippen LogP contribution in [0.4, 0.5) is 10.5 Å². The maximum Gasteiger partial charge on any atom is 0.345 e. The number of hydrogen-bond donors (Lipinski definition) is 2. The molecule has 2 amide bonds. The minimum Gasteiger partial charge on any atom is -0.492 e. The first-order valence-corrected chi connectivity index (χ1v) is 8.91. The summed E-state index contributed by atoms with van der Waals surface area (Å²) in [5.41, 5.74) is 1.07. The molecule has 28 heavy (non-hydrogen) atoms. The van der Waals surface area contributed by atoms with Crippen molar-refractivity contribution in [3.8, 4) is 17.1 Å². The molecule has 9 heteroatoms. The van der Waals surface area contributed by atoms with Crippen molar-refractivity contribution in [2.45, 2.75) is 13.5 Å². The van der Waals surface area contributed by atoms with Crippen molar-refractivity contribution in [3.05, 3.63) is 59.3 Å². The summed E-state index contributed by atoms with van der Waals surface area (Å²) in [6.07, 6.45) is 3.30. The lowest BCUT2D eigenvalue weighted by Gasteiger charge is -2.11. The first-order valence-electron chi connectivity index (χ1n) is 8.91. The fourth-order valence-corrected chi connectivity index (χ4v) is 2.67. The Morgan fingerprint density at radius 1 is 1.21 bits per heavy atom. The van der Waals surface area contributed by atoms with Gasteiger partial charge in [0.15, 0.2) is 5.82 Å². The highest BCUT2D eigenvalue weighted by molar-refractivity contribution is 5.90. The van der Waals surface area contributed by atoms with Crippen molar-refractivity contribution in [3.63, 3.8) is 0 Å². The lowest BCUT2D eigenvalue weighted by Crippen LogP contribution is -2.34. The number of urea groups is 1. The normalized spacial score (nSPS) is 10.5. The molecular weight excluding hydrogens is 360 g/mol. The molecule has 0 fully saturated rings. The number of amides is 2. The van der Waals surface area contributed by atoms with Crippen LogP contribution in [0.15, 0.2) is 53.6 Å². The van der Waals surface area contributed by atoms with Crippen LogP contribution in [0.3, 0.4) is 0 Å². The minimum atomic E-state index is -0.386. The molecular formula is C19H22N6O3. The third-order valence-corrected chi connectivity index (χ3v) is 4.00. The molecule has 0 unspecified atom stereocenters. The first-order chi connectivity index (χ1) is 13.6. The summed E-state index contributed by atoms with van der Waals surface area (Å²) in [7, 11) is 1.65. The van der Waals surface area contributed by atoms with Crippen molar-refractivity contribution >= 4 is 11.7 Å². The van der Waals surface area contributed by atoms with Gasteiger partial charge in [0.25, 0.3) is 0 Å². The highest BCUT2D eigenvalue weighted by atomic mass is 16.5. The molecule has 3 aromatic rings.